The first kappa shape index (κ1) is 19.0. The number of benzene rings is 2. The molecule has 0 saturated carbocycles. The molecule has 4 rings (SSSR count). The van der Waals surface area contributed by atoms with E-state index < -0.39 is 0 Å². The molecule has 3 aromatic rings. The van der Waals surface area contributed by atoms with Crippen LogP contribution < -0.4 is 14.7 Å². The zero-order chi connectivity index (χ0) is 20.1. The van der Waals surface area contributed by atoms with Gasteiger partial charge in [-0.2, -0.15) is 0 Å². The molecule has 1 aromatic heterocycles. The summed E-state index contributed by atoms with van der Waals surface area (Å²) >= 11 is 0. The van der Waals surface area contributed by atoms with E-state index in [0.29, 0.717) is 12.2 Å². The van der Waals surface area contributed by atoms with Crippen LogP contribution in [0.15, 0.2) is 79.0 Å². The van der Waals surface area contributed by atoms with Gasteiger partial charge in [0.2, 0.25) is 0 Å². The largest absolute Gasteiger partial charge is 0.368 e. The summed E-state index contributed by atoms with van der Waals surface area (Å²) in [5.74, 6) is -0.0702. The number of para-hydroxylation sites is 2. The van der Waals surface area contributed by atoms with Gasteiger partial charge in [-0.25, -0.2) is 4.98 Å². The quantitative estimate of drug-likeness (QED) is 0.663. The van der Waals surface area contributed by atoms with E-state index in [1.807, 2.05) is 61.7 Å². The fraction of sp³-hybridized carbons (Fsp3) is 0.250. The van der Waals surface area contributed by atoms with Crippen LogP contribution >= 0.6 is 0 Å². The molecular weight excluding hydrogens is 360 g/mol. The van der Waals surface area contributed by atoms with Crippen LogP contribution in [0, 0.1) is 0 Å². The van der Waals surface area contributed by atoms with Crippen LogP contribution in [0.1, 0.15) is 17.4 Å². The van der Waals surface area contributed by atoms with Crippen molar-refractivity contribution in [2.24, 2.45) is 0 Å². The molecule has 29 heavy (non-hydrogen) atoms. The summed E-state index contributed by atoms with van der Waals surface area (Å²) in [5, 5.41) is 0. The number of hydrogen-bond acceptors (Lipinski definition) is 4. The molecule has 0 unspecified atom stereocenters. The molecule has 1 fully saturated rings. The lowest BCUT2D eigenvalue weighted by Crippen LogP contribution is -2.46. The molecule has 148 valence electrons. The summed E-state index contributed by atoms with van der Waals surface area (Å²) < 4.78 is 0. The van der Waals surface area contributed by atoms with Gasteiger partial charge >= 0.3 is 0 Å². The van der Waals surface area contributed by atoms with Crippen molar-refractivity contribution in [1.82, 2.24) is 4.98 Å². The van der Waals surface area contributed by atoms with E-state index in [0.717, 1.165) is 37.6 Å². The van der Waals surface area contributed by atoms with Crippen molar-refractivity contribution in [2.45, 2.75) is 6.92 Å². The number of aromatic nitrogens is 1. The Morgan fingerprint density at radius 1 is 0.828 bits per heavy atom. The molecule has 1 amide bonds. The third kappa shape index (κ3) is 4.24. The van der Waals surface area contributed by atoms with Gasteiger partial charge in [0.15, 0.2) is 0 Å². The van der Waals surface area contributed by atoms with Crippen LogP contribution in [-0.4, -0.2) is 43.6 Å². The van der Waals surface area contributed by atoms with E-state index in [1.165, 1.54) is 5.69 Å². The minimum atomic E-state index is -0.0702. The Bertz CT molecular complexity index is 920. The lowest BCUT2D eigenvalue weighted by molar-refractivity contribution is 0.0983. The SMILES string of the molecule is CCN(C(=O)c1ccc(N2CCN(c3ccccc3)CC2)cn1)c1ccccc1. The molecule has 2 heterocycles. The number of carbonyl (C=O) groups is 1. The zero-order valence-corrected chi connectivity index (χ0v) is 16.7. The molecule has 5 nitrogen and oxygen atoms in total. The molecule has 0 radical (unpaired) electrons. The van der Waals surface area contributed by atoms with Crippen LogP contribution in [0.4, 0.5) is 17.1 Å². The summed E-state index contributed by atoms with van der Waals surface area (Å²) in [5.41, 5.74) is 3.70. The van der Waals surface area contributed by atoms with Gasteiger partial charge < -0.3 is 14.7 Å². The first-order valence-electron chi connectivity index (χ1n) is 10.1. The molecule has 1 saturated heterocycles. The van der Waals surface area contributed by atoms with Crippen molar-refractivity contribution in [2.75, 3.05) is 47.4 Å². The molecule has 0 spiro atoms. The van der Waals surface area contributed by atoms with E-state index in [4.69, 9.17) is 0 Å². The smallest absolute Gasteiger partial charge is 0.276 e. The molecule has 1 aliphatic heterocycles. The van der Waals surface area contributed by atoms with Crippen LogP contribution in [0.5, 0.6) is 0 Å². The van der Waals surface area contributed by atoms with Crippen molar-refractivity contribution in [3.63, 3.8) is 0 Å². The van der Waals surface area contributed by atoms with Crippen molar-refractivity contribution >= 4 is 23.0 Å². The Morgan fingerprint density at radius 3 is 1.97 bits per heavy atom. The van der Waals surface area contributed by atoms with Crippen molar-refractivity contribution < 1.29 is 4.79 Å². The van der Waals surface area contributed by atoms with Gasteiger partial charge in [0.1, 0.15) is 5.69 Å². The summed E-state index contributed by atoms with van der Waals surface area (Å²) in [7, 11) is 0. The molecule has 0 bridgehead atoms. The summed E-state index contributed by atoms with van der Waals surface area (Å²) in [6, 6.07) is 24.1. The maximum atomic E-state index is 12.9. The fourth-order valence-electron chi connectivity index (χ4n) is 3.75. The molecule has 0 atom stereocenters. The highest BCUT2D eigenvalue weighted by molar-refractivity contribution is 6.04. The maximum absolute atomic E-state index is 12.9. The molecule has 2 aromatic carbocycles. The number of piperazine rings is 1. The summed E-state index contributed by atoms with van der Waals surface area (Å²) in [4.78, 5) is 23.9. The average Bonchev–Trinajstić information content (AvgIpc) is 2.81. The normalized spacial score (nSPS) is 14.0. The predicted octanol–water partition coefficient (Wildman–Crippen LogP) is 4.07. The number of pyridine rings is 1. The Hall–Kier alpha value is -3.34. The van der Waals surface area contributed by atoms with Crippen molar-refractivity contribution in [3.05, 3.63) is 84.7 Å². The van der Waals surface area contributed by atoms with Crippen molar-refractivity contribution in [1.29, 1.82) is 0 Å². The minimum Gasteiger partial charge on any atom is -0.368 e. The number of anilines is 3. The standard InChI is InChI=1S/C24H26N4O/c1-2-28(21-11-7-4-8-12-21)24(29)23-14-13-22(19-25-23)27-17-15-26(16-18-27)20-9-5-3-6-10-20/h3-14,19H,2,15-18H2,1H3. The monoisotopic (exact) mass is 386 g/mol. The van der Waals surface area contributed by atoms with Gasteiger partial charge in [0, 0.05) is 44.1 Å². The van der Waals surface area contributed by atoms with E-state index in [-0.39, 0.29) is 5.91 Å². The Morgan fingerprint density at radius 2 is 1.41 bits per heavy atom. The number of nitrogens with zero attached hydrogens (tertiary/aromatic N) is 4. The second-order valence-electron chi connectivity index (χ2n) is 7.10. The predicted molar refractivity (Wildman–Crippen MR) is 119 cm³/mol. The Kier molecular flexibility index (Phi) is 5.75. The van der Waals surface area contributed by atoms with Crippen molar-refractivity contribution in [3.8, 4) is 0 Å². The number of carbonyl (C=O) groups excluding carboxylic acids is 1. The molecule has 0 aliphatic carbocycles. The van der Waals surface area contributed by atoms with Gasteiger partial charge in [0.25, 0.3) is 5.91 Å². The average molecular weight is 386 g/mol. The highest BCUT2D eigenvalue weighted by atomic mass is 16.2. The first-order valence-corrected chi connectivity index (χ1v) is 10.1. The lowest BCUT2D eigenvalue weighted by Gasteiger charge is -2.37. The highest BCUT2D eigenvalue weighted by Crippen LogP contribution is 2.21. The Balaban J connectivity index is 1.41. The number of rotatable bonds is 5. The Labute approximate surface area is 172 Å². The summed E-state index contributed by atoms with van der Waals surface area (Å²) in [6.07, 6.45) is 1.82. The third-order valence-electron chi connectivity index (χ3n) is 5.36. The second kappa shape index (κ2) is 8.78. The lowest BCUT2D eigenvalue weighted by atomic mass is 10.2. The summed E-state index contributed by atoms with van der Waals surface area (Å²) in [6.45, 7) is 6.41. The molecule has 5 heteroatoms. The van der Waals surface area contributed by atoms with E-state index in [1.54, 1.807) is 4.90 Å². The molecule has 1 aliphatic rings. The van der Waals surface area contributed by atoms with Crippen LogP contribution in [-0.2, 0) is 0 Å². The van der Waals surface area contributed by atoms with Crippen LogP contribution in [0.25, 0.3) is 0 Å². The van der Waals surface area contributed by atoms with E-state index in [2.05, 4.69) is 39.0 Å². The van der Waals surface area contributed by atoms with Gasteiger partial charge in [-0.15, -0.1) is 0 Å². The van der Waals surface area contributed by atoms with Gasteiger partial charge in [-0.1, -0.05) is 36.4 Å². The maximum Gasteiger partial charge on any atom is 0.276 e. The third-order valence-corrected chi connectivity index (χ3v) is 5.36. The number of hydrogen-bond donors (Lipinski definition) is 0. The van der Waals surface area contributed by atoms with Crippen LogP contribution in [0.2, 0.25) is 0 Å². The molecular formula is C24H26N4O. The van der Waals surface area contributed by atoms with E-state index >= 15 is 0 Å². The van der Waals surface area contributed by atoms with E-state index in [9.17, 15) is 4.79 Å². The topological polar surface area (TPSA) is 39.7 Å². The van der Waals surface area contributed by atoms with Gasteiger partial charge in [-0.05, 0) is 43.3 Å². The second-order valence-corrected chi connectivity index (χ2v) is 7.10. The zero-order valence-electron chi connectivity index (χ0n) is 16.7. The van der Waals surface area contributed by atoms with Gasteiger partial charge in [-0.3, -0.25) is 4.79 Å². The van der Waals surface area contributed by atoms with Crippen LogP contribution in [0.3, 0.4) is 0 Å². The highest BCUT2D eigenvalue weighted by Gasteiger charge is 2.20. The fourth-order valence-corrected chi connectivity index (χ4v) is 3.75. The minimum absolute atomic E-state index is 0.0702. The first-order chi connectivity index (χ1) is 14.3. The van der Waals surface area contributed by atoms with Gasteiger partial charge in [0.05, 0.1) is 11.9 Å². The number of amides is 1. The molecule has 0 N–H and O–H groups in total.